The number of aromatic nitrogens is 1. The molecule has 25 heavy (non-hydrogen) atoms. The molecule has 0 spiro atoms. The number of nitrogens with one attached hydrogen (secondary N) is 2. The SMILES string of the molecule is C[C@H]1Oc2ccc(NC(=O)c3ccc4ccccc4n3)cc2NC1=O. The third kappa shape index (κ3) is 2.89. The van der Waals surface area contributed by atoms with Gasteiger partial charge >= 0.3 is 0 Å². The van der Waals surface area contributed by atoms with E-state index in [1.807, 2.05) is 30.3 Å². The lowest BCUT2D eigenvalue weighted by Crippen LogP contribution is -2.34. The van der Waals surface area contributed by atoms with Crippen molar-refractivity contribution < 1.29 is 14.3 Å². The smallest absolute Gasteiger partial charge is 0.274 e. The van der Waals surface area contributed by atoms with Crippen molar-refractivity contribution in [2.24, 2.45) is 0 Å². The minimum absolute atomic E-state index is 0.216. The monoisotopic (exact) mass is 333 g/mol. The maximum absolute atomic E-state index is 12.5. The van der Waals surface area contributed by atoms with Crippen molar-refractivity contribution in [3.05, 3.63) is 60.3 Å². The fourth-order valence-electron chi connectivity index (χ4n) is 2.67. The predicted molar refractivity (Wildman–Crippen MR) is 94.9 cm³/mol. The largest absolute Gasteiger partial charge is 0.479 e. The highest BCUT2D eigenvalue weighted by Crippen LogP contribution is 2.32. The second kappa shape index (κ2) is 5.90. The van der Waals surface area contributed by atoms with Crippen LogP contribution in [-0.2, 0) is 4.79 Å². The van der Waals surface area contributed by atoms with Crippen molar-refractivity contribution in [1.82, 2.24) is 4.98 Å². The molecule has 2 amide bonds. The van der Waals surface area contributed by atoms with Gasteiger partial charge < -0.3 is 15.4 Å². The van der Waals surface area contributed by atoms with Crippen molar-refractivity contribution in [3.63, 3.8) is 0 Å². The Morgan fingerprint density at radius 1 is 1.16 bits per heavy atom. The lowest BCUT2D eigenvalue weighted by Gasteiger charge is -2.23. The molecule has 1 aliphatic heterocycles. The molecule has 0 unspecified atom stereocenters. The highest BCUT2D eigenvalue weighted by molar-refractivity contribution is 6.05. The molecule has 0 bridgehead atoms. The number of fused-ring (bicyclic) bond motifs is 2. The summed E-state index contributed by atoms with van der Waals surface area (Å²) < 4.78 is 5.50. The van der Waals surface area contributed by atoms with E-state index < -0.39 is 6.10 Å². The Balaban J connectivity index is 1.58. The van der Waals surface area contributed by atoms with E-state index in [1.165, 1.54) is 0 Å². The molecule has 0 fully saturated rings. The first-order chi connectivity index (χ1) is 12.1. The standard InChI is InChI=1S/C19H15N3O3/c1-11-18(23)22-16-10-13(7-9-17(16)25-11)20-19(24)15-8-6-12-4-2-3-5-14(12)21-15/h2-11H,1H3,(H,20,24)(H,22,23)/t11-/m1/s1. The molecule has 1 atom stereocenters. The minimum Gasteiger partial charge on any atom is -0.479 e. The van der Waals surface area contributed by atoms with E-state index in [4.69, 9.17) is 4.74 Å². The van der Waals surface area contributed by atoms with Crippen LogP contribution in [-0.4, -0.2) is 22.9 Å². The molecule has 0 saturated heterocycles. The minimum atomic E-state index is -0.533. The molecule has 2 N–H and O–H groups in total. The van der Waals surface area contributed by atoms with E-state index in [0.717, 1.165) is 10.9 Å². The highest BCUT2D eigenvalue weighted by Gasteiger charge is 2.23. The molecule has 4 rings (SSSR count). The molecule has 2 aromatic carbocycles. The quantitative estimate of drug-likeness (QED) is 0.755. The van der Waals surface area contributed by atoms with E-state index in [0.29, 0.717) is 22.8 Å². The Labute approximate surface area is 143 Å². The molecule has 6 nitrogen and oxygen atoms in total. The number of pyridine rings is 1. The normalized spacial score (nSPS) is 15.9. The molecule has 124 valence electrons. The number of anilines is 2. The van der Waals surface area contributed by atoms with Gasteiger partial charge in [-0.15, -0.1) is 0 Å². The van der Waals surface area contributed by atoms with Gasteiger partial charge in [-0.1, -0.05) is 24.3 Å². The summed E-state index contributed by atoms with van der Waals surface area (Å²) in [6.07, 6.45) is -0.533. The van der Waals surface area contributed by atoms with Crippen molar-refractivity contribution in [3.8, 4) is 5.75 Å². The Morgan fingerprint density at radius 2 is 2.00 bits per heavy atom. The van der Waals surface area contributed by atoms with Crippen LogP contribution in [0.5, 0.6) is 5.75 Å². The molecule has 0 aliphatic carbocycles. The lowest BCUT2D eigenvalue weighted by atomic mass is 10.2. The second-order valence-corrected chi connectivity index (χ2v) is 5.80. The van der Waals surface area contributed by atoms with E-state index in [9.17, 15) is 9.59 Å². The number of carbonyl (C=O) groups excluding carboxylic acids is 2. The highest BCUT2D eigenvalue weighted by atomic mass is 16.5. The number of carbonyl (C=O) groups is 2. The van der Waals surface area contributed by atoms with Gasteiger partial charge in [0.1, 0.15) is 11.4 Å². The van der Waals surface area contributed by atoms with Gasteiger partial charge in [-0.25, -0.2) is 4.98 Å². The van der Waals surface area contributed by atoms with E-state index >= 15 is 0 Å². The summed E-state index contributed by atoms with van der Waals surface area (Å²) >= 11 is 0. The van der Waals surface area contributed by atoms with Crippen LogP contribution in [0.1, 0.15) is 17.4 Å². The second-order valence-electron chi connectivity index (χ2n) is 5.80. The topological polar surface area (TPSA) is 80.3 Å². The Hall–Kier alpha value is -3.41. The number of rotatable bonds is 2. The first-order valence-corrected chi connectivity index (χ1v) is 7.89. The van der Waals surface area contributed by atoms with Crippen LogP contribution in [0.15, 0.2) is 54.6 Å². The third-order valence-electron chi connectivity index (χ3n) is 4.00. The summed E-state index contributed by atoms with van der Waals surface area (Å²) in [5, 5.41) is 6.52. The van der Waals surface area contributed by atoms with Crippen molar-refractivity contribution in [2.45, 2.75) is 13.0 Å². The maximum atomic E-state index is 12.5. The summed E-state index contributed by atoms with van der Waals surface area (Å²) in [4.78, 5) is 28.5. The van der Waals surface area contributed by atoms with Crippen LogP contribution in [0.2, 0.25) is 0 Å². The first kappa shape index (κ1) is 15.1. The number of amides is 2. The van der Waals surface area contributed by atoms with Crippen LogP contribution in [0, 0.1) is 0 Å². The van der Waals surface area contributed by atoms with E-state index in [2.05, 4.69) is 15.6 Å². The Kier molecular flexibility index (Phi) is 3.57. The van der Waals surface area contributed by atoms with Crippen molar-refractivity contribution >= 4 is 34.1 Å². The molecule has 3 aromatic rings. The van der Waals surface area contributed by atoms with Gasteiger partial charge in [0.15, 0.2) is 6.10 Å². The molecule has 2 heterocycles. The van der Waals surface area contributed by atoms with Crippen LogP contribution in [0.4, 0.5) is 11.4 Å². The summed E-state index contributed by atoms with van der Waals surface area (Å²) in [5.74, 6) is 0.0447. The number of hydrogen-bond donors (Lipinski definition) is 2. The van der Waals surface area contributed by atoms with E-state index in [-0.39, 0.29) is 11.8 Å². The maximum Gasteiger partial charge on any atom is 0.274 e. The number of nitrogens with zero attached hydrogens (tertiary/aromatic N) is 1. The van der Waals surface area contributed by atoms with Crippen molar-refractivity contribution in [2.75, 3.05) is 10.6 Å². The zero-order valence-corrected chi connectivity index (χ0v) is 13.4. The van der Waals surface area contributed by atoms with Gasteiger partial charge in [0.05, 0.1) is 11.2 Å². The molecular formula is C19H15N3O3. The molecule has 6 heteroatoms. The summed E-state index contributed by atoms with van der Waals surface area (Å²) in [6.45, 7) is 1.68. The summed E-state index contributed by atoms with van der Waals surface area (Å²) in [6, 6.07) is 16.3. The number of ether oxygens (including phenoxy) is 1. The van der Waals surface area contributed by atoms with Crippen LogP contribution in [0.25, 0.3) is 10.9 Å². The first-order valence-electron chi connectivity index (χ1n) is 7.89. The molecular weight excluding hydrogens is 318 g/mol. The predicted octanol–water partition coefficient (Wildman–Crippen LogP) is 3.21. The number of hydrogen-bond acceptors (Lipinski definition) is 4. The van der Waals surface area contributed by atoms with Gasteiger partial charge in [0.2, 0.25) is 0 Å². The third-order valence-corrected chi connectivity index (χ3v) is 4.00. The fraction of sp³-hybridized carbons (Fsp3) is 0.105. The fourth-order valence-corrected chi connectivity index (χ4v) is 2.67. The van der Waals surface area contributed by atoms with Crippen LogP contribution >= 0.6 is 0 Å². The Bertz CT molecular complexity index is 1000. The number of benzene rings is 2. The molecule has 0 radical (unpaired) electrons. The van der Waals surface area contributed by atoms with Gasteiger partial charge in [0.25, 0.3) is 11.8 Å². The average Bonchev–Trinajstić information content (AvgIpc) is 2.62. The Morgan fingerprint density at radius 3 is 2.88 bits per heavy atom. The van der Waals surface area contributed by atoms with Crippen molar-refractivity contribution in [1.29, 1.82) is 0 Å². The van der Waals surface area contributed by atoms with Gasteiger partial charge in [0, 0.05) is 11.1 Å². The van der Waals surface area contributed by atoms with Gasteiger partial charge in [-0.3, -0.25) is 9.59 Å². The molecule has 0 saturated carbocycles. The molecule has 1 aromatic heterocycles. The molecule has 1 aliphatic rings. The zero-order valence-electron chi connectivity index (χ0n) is 13.4. The zero-order chi connectivity index (χ0) is 17.4. The summed E-state index contributed by atoms with van der Waals surface area (Å²) in [7, 11) is 0. The average molecular weight is 333 g/mol. The number of para-hydroxylation sites is 1. The summed E-state index contributed by atoms with van der Waals surface area (Å²) in [5.41, 5.74) is 2.17. The van der Waals surface area contributed by atoms with Crippen LogP contribution < -0.4 is 15.4 Å². The van der Waals surface area contributed by atoms with E-state index in [1.54, 1.807) is 31.2 Å². The van der Waals surface area contributed by atoms with Crippen LogP contribution in [0.3, 0.4) is 0 Å². The van der Waals surface area contributed by atoms with Gasteiger partial charge in [-0.05, 0) is 37.3 Å². The lowest BCUT2D eigenvalue weighted by molar-refractivity contribution is -0.122. The van der Waals surface area contributed by atoms with Gasteiger partial charge in [-0.2, -0.15) is 0 Å².